The van der Waals surface area contributed by atoms with Crippen molar-refractivity contribution in [3.63, 3.8) is 0 Å². The third kappa shape index (κ3) is 1.23. The molecule has 0 saturated heterocycles. The highest BCUT2D eigenvalue weighted by Gasteiger charge is 2.18. The summed E-state index contributed by atoms with van der Waals surface area (Å²) >= 11 is 5.23. The molecule has 0 saturated carbocycles. The molecule has 14 heavy (non-hydrogen) atoms. The molecule has 72 valence electrons. The van der Waals surface area contributed by atoms with E-state index >= 15 is 0 Å². The van der Waals surface area contributed by atoms with E-state index in [1.165, 1.54) is 16.7 Å². The Bertz CT molecular complexity index is 521. The van der Waals surface area contributed by atoms with Crippen LogP contribution >= 0.6 is 24.0 Å². The number of aromatic hydroxyl groups is 1. The summed E-state index contributed by atoms with van der Waals surface area (Å²) in [5.41, 5.74) is -0.0709. The second kappa shape index (κ2) is 3.14. The molecule has 1 N–H and O–H groups in total. The van der Waals surface area contributed by atoms with Crippen LogP contribution in [0.25, 0.3) is 10.1 Å². The molecule has 0 fully saturated rings. The molecule has 1 heterocycles. The zero-order chi connectivity index (χ0) is 10.3. The number of thiophene rings is 1. The number of rotatable bonds is 1. The quantitative estimate of drug-likeness (QED) is 0.447. The van der Waals surface area contributed by atoms with Gasteiger partial charge in [0, 0.05) is 9.60 Å². The van der Waals surface area contributed by atoms with Crippen molar-refractivity contribution in [3.05, 3.63) is 27.6 Å². The van der Waals surface area contributed by atoms with Crippen molar-refractivity contribution in [2.45, 2.75) is 4.90 Å². The van der Waals surface area contributed by atoms with Crippen molar-refractivity contribution < 1.29 is 10.0 Å². The van der Waals surface area contributed by atoms with Crippen LogP contribution in [0.2, 0.25) is 0 Å². The van der Waals surface area contributed by atoms with E-state index in [4.69, 9.17) is 0 Å². The first kappa shape index (κ1) is 9.29. The average molecular weight is 227 g/mol. The lowest BCUT2D eigenvalue weighted by molar-refractivity contribution is -0.382. The molecular formula is C8H5NO3S2. The zero-order valence-electron chi connectivity index (χ0n) is 6.80. The van der Waals surface area contributed by atoms with Gasteiger partial charge in [-0.05, 0) is 12.1 Å². The Morgan fingerprint density at radius 2 is 2.21 bits per heavy atom. The predicted octanol–water partition coefficient (Wildman–Crippen LogP) is 2.80. The highest BCUT2D eigenvalue weighted by molar-refractivity contribution is 7.80. The molecule has 1 aromatic heterocycles. The lowest BCUT2D eigenvalue weighted by Gasteiger charge is -1.98. The number of nitro groups is 1. The Kier molecular flexibility index (Phi) is 2.09. The van der Waals surface area contributed by atoms with E-state index in [9.17, 15) is 15.2 Å². The van der Waals surface area contributed by atoms with Gasteiger partial charge in [-0.2, -0.15) is 0 Å². The molecule has 1 aromatic carbocycles. The second-order valence-corrected chi connectivity index (χ2v) is 4.08. The van der Waals surface area contributed by atoms with Crippen molar-refractivity contribution in [1.82, 2.24) is 0 Å². The molecule has 4 nitrogen and oxygen atoms in total. The van der Waals surface area contributed by atoms with Crippen LogP contribution in [-0.2, 0) is 0 Å². The van der Waals surface area contributed by atoms with Crippen LogP contribution in [0.15, 0.2) is 22.4 Å². The molecule has 0 aliphatic heterocycles. The van der Waals surface area contributed by atoms with Crippen LogP contribution in [0.3, 0.4) is 0 Å². The number of hydrogen-bond acceptors (Lipinski definition) is 5. The van der Waals surface area contributed by atoms with Gasteiger partial charge in [-0.25, -0.2) is 0 Å². The van der Waals surface area contributed by atoms with Gasteiger partial charge in [0.1, 0.15) is 11.1 Å². The third-order valence-electron chi connectivity index (χ3n) is 1.87. The number of phenolic OH excluding ortho intramolecular Hbond substituents is 1. The lowest BCUT2D eigenvalue weighted by atomic mass is 10.2. The van der Waals surface area contributed by atoms with E-state index in [0.717, 1.165) is 0 Å². The van der Waals surface area contributed by atoms with Gasteiger partial charge in [0.15, 0.2) is 0 Å². The molecule has 0 spiro atoms. The van der Waals surface area contributed by atoms with Crippen LogP contribution < -0.4 is 0 Å². The third-order valence-corrected chi connectivity index (χ3v) is 3.16. The normalized spacial score (nSPS) is 10.6. The van der Waals surface area contributed by atoms with E-state index in [1.807, 2.05) is 0 Å². The number of nitrogens with zero attached hydrogens (tertiary/aromatic N) is 1. The van der Waals surface area contributed by atoms with Crippen molar-refractivity contribution >= 4 is 39.7 Å². The van der Waals surface area contributed by atoms with Gasteiger partial charge in [-0.3, -0.25) is 10.1 Å². The summed E-state index contributed by atoms with van der Waals surface area (Å²) in [6.07, 6.45) is 0. The number of hydrogen-bond donors (Lipinski definition) is 2. The summed E-state index contributed by atoms with van der Waals surface area (Å²) in [6, 6.07) is 3.32. The highest BCUT2D eigenvalue weighted by atomic mass is 32.1. The van der Waals surface area contributed by atoms with E-state index in [2.05, 4.69) is 12.6 Å². The van der Waals surface area contributed by atoms with Crippen LogP contribution in [0.1, 0.15) is 0 Å². The van der Waals surface area contributed by atoms with Crippen LogP contribution in [-0.4, -0.2) is 10.0 Å². The summed E-state index contributed by atoms with van der Waals surface area (Å²) in [7, 11) is 0. The van der Waals surface area contributed by atoms with Crippen LogP contribution in [0.5, 0.6) is 5.75 Å². The zero-order valence-corrected chi connectivity index (χ0v) is 8.51. The molecule has 0 unspecified atom stereocenters. The van der Waals surface area contributed by atoms with Gasteiger partial charge in [0.25, 0.3) is 5.69 Å². The first-order chi connectivity index (χ1) is 6.61. The van der Waals surface area contributed by atoms with Gasteiger partial charge in [-0.1, -0.05) is 0 Å². The van der Waals surface area contributed by atoms with Crippen LogP contribution in [0, 0.1) is 10.1 Å². The lowest BCUT2D eigenvalue weighted by Crippen LogP contribution is -1.85. The molecule has 0 aliphatic carbocycles. The minimum Gasteiger partial charge on any atom is -0.506 e. The first-order valence-electron chi connectivity index (χ1n) is 3.68. The standard InChI is InChI=1S/C8H5NO3S2/c10-8-5(13)1-2-6-7(8)4(3-14-6)9(11)12/h1-3,10,13H. The molecule has 0 atom stereocenters. The topological polar surface area (TPSA) is 63.4 Å². The maximum absolute atomic E-state index is 10.6. The Balaban J connectivity index is 2.89. The van der Waals surface area contributed by atoms with Gasteiger partial charge >= 0.3 is 0 Å². The van der Waals surface area contributed by atoms with E-state index in [0.29, 0.717) is 9.60 Å². The van der Waals surface area contributed by atoms with Gasteiger partial charge in [-0.15, -0.1) is 24.0 Å². The maximum Gasteiger partial charge on any atom is 0.291 e. The largest absolute Gasteiger partial charge is 0.506 e. The summed E-state index contributed by atoms with van der Waals surface area (Å²) in [4.78, 5) is 10.5. The molecule has 0 amide bonds. The van der Waals surface area contributed by atoms with Crippen molar-refractivity contribution in [2.24, 2.45) is 0 Å². The Hall–Kier alpha value is -1.27. The fourth-order valence-electron chi connectivity index (χ4n) is 1.22. The summed E-state index contributed by atoms with van der Waals surface area (Å²) in [5.74, 6) is -0.126. The van der Waals surface area contributed by atoms with E-state index < -0.39 is 4.92 Å². The minimum absolute atomic E-state index is 0.0709. The minimum atomic E-state index is -0.508. The van der Waals surface area contributed by atoms with Crippen molar-refractivity contribution in [2.75, 3.05) is 0 Å². The summed E-state index contributed by atoms with van der Waals surface area (Å²) in [5, 5.41) is 21.9. The predicted molar refractivity (Wildman–Crippen MR) is 57.4 cm³/mol. The molecule has 0 radical (unpaired) electrons. The molecule has 2 rings (SSSR count). The number of thiol groups is 1. The van der Waals surface area contributed by atoms with Crippen molar-refractivity contribution in [3.8, 4) is 5.75 Å². The molecule has 0 aliphatic rings. The van der Waals surface area contributed by atoms with Crippen molar-refractivity contribution in [1.29, 1.82) is 0 Å². The smallest absolute Gasteiger partial charge is 0.291 e. The monoisotopic (exact) mass is 227 g/mol. The molecule has 0 bridgehead atoms. The van der Waals surface area contributed by atoms with E-state index in [-0.39, 0.29) is 16.8 Å². The highest BCUT2D eigenvalue weighted by Crippen LogP contribution is 2.40. The number of phenols is 1. The van der Waals surface area contributed by atoms with E-state index in [1.54, 1.807) is 12.1 Å². The maximum atomic E-state index is 10.6. The number of fused-ring (bicyclic) bond motifs is 1. The average Bonchev–Trinajstić information content (AvgIpc) is 2.55. The summed E-state index contributed by atoms with van der Waals surface area (Å²) in [6.45, 7) is 0. The van der Waals surface area contributed by atoms with Crippen LogP contribution in [0.4, 0.5) is 5.69 Å². The number of benzene rings is 1. The fraction of sp³-hybridized carbons (Fsp3) is 0. The van der Waals surface area contributed by atoms with Gasteiger partial charge in [0.2, 0.25) is 0 Å². The fourth-order valence-corrected chi connectivity index (χ4v) is 2.31. The Morgan fingerprint density at radius 1 is 1.50 bits per heavy atom. The summed E-state index contributed by atoms with van der Waals surface area (Å²) < 4.78 is 0.687. The van der Waals surface area contributed by atoms with Gasteiger partial charge < -0.3 is 5.11 Å². The molecule has 6 heteroatoms. The molecule has 2 aromatic rings. The Morgan fingerprint density at radius 3 is 2.86 bits per heavy atom. The first-order valence-corrected chi connectivity index (χ1v) is 5.00. The van der Waals surface area contributed by atoms with Gasteiger partial charge in [0.05, 0.1) is 10.3 Å². The SMILES string of the molecule is O=[N+]([O-])c1csc2ccc(S)c(O)c12. The Labute approximate surface area is 88.4 Å². The second-order valence-electron chi connectivity index (χ2n) is 2.68. The molecular weight excluding hydrogens is 222 g/mol.